The summed E-state index contributed by atoms with van der Waals surface area (Å²) in [5.41, 5.74) is 4.96. The highest BCUT2D eigenvalue weighted by molar-refractivity contribution is 6.06. The second-order valence-corrected chi connectivity index (χ2v) is 8.11. The Kier molecular flexibility index (Phi) is 8.12. The van der Waals surface area contributed by atoms with Crippen molar-refractivity contribution in [2.75, 3.05) is 18.4 Å². The minimum atomic E-state index is -0.845. The topological polar surface area (TPSA) is 32.3 Å². The molecule has 0 fully saturated rings. The SMILES string of the molecule is CC/C=C(F)\C(C(=O)Nc1ccc(C2=C(C)CCN(Cc3ccccc3)C2)cc1)=C(/C)F. The van der Waals surface area contributed by atoms with E-state index in [1.54, 1.807) is 19.1 Å². The average Bonchev–Trinajstić information content (AvgIpc) is 2.76. The van der Waals surface area contributed by atoms with Gasteiger partial charge in [0.1, 0.15) is 17.2 Å². The maximum Gasteiger partial charge on any atom is 0.261 e. The molecule has 0 atom stereocenters. The molecule has 0 aliphatic carbocycles. The fraction of sp³-hybridized carbons (Fsp3) is 0.296. The maximum atomic E-state index is 14.1. The number of allylic oxidation sites excluding steroid dienone is 2. The molecule has 3 rings (SSSR count). The number of carbonyl (C=O) groups excluding carboxylic acids is 1. The molecule has 168 valence electrons. The summed E-state index contributed by atoms with van der Waals surface area (Å²) in [6.45, 7) is 7.75. The van der Waals surface area contributed by atoms with Crippen LogP contribution in [0, 0.1) is 0 Å². The molecular weight excluding hydrogens is 406 g/mol. The van der Waals surface area contributed by atoms with Gasteiger partial charge in [-0.25, -0.2) is 8.78 Å². The number of amides is 1. The summed E-state index contributed by atoms with van der Waals surface area (Å²) in [5, 5.41) is 2.60. The molecule has 0 spiro atoms. The number of nitrogens with one attached hydrogen (secondary N) is 1. The van der Waals surface area contributed by atoms with Crippen LogP contribution in [-0.2, 0) is 11.3 Å². The summed E-state index contributed by atoms with van der Waals surface area (Å²) in [5.74, 6) is -2.48. The predicted molar refractivity (Wildman–Crippen MR) is 127 cm³/mol. The van der Waals surface area contributed by atoms with Crippen molar-refractivity contribution in [2.45, 2.75) is 40.2 Å². The van der Waals surface area contributed by atoms with E-state index in [0.29, 0.717) is 12.1 Å². The lowest BCUT2D eigenvalue weighted by atomic mass is 9.94. The number of hydrogen-bond donors (Lipinski definition) is 1. The Morgan fingerprint density at radius 2 is 1.78 bits per heavy atom. The van der Waals surface area contributed by atoms with Crippen LogP contribution in [-0.4, -0.2) is 23.9 Å². The molecule has 0 saturated heterocycles. The van der Waals surface area contributed by atoms with E-state index in [-0.39, 0.29) is 0 Å². The lowest BCUT2D eigenvalue weighted by molar-refractivity contribution is -0.112. The van der Waals surface area contributed by atoms with E-state index in [2.05, 4.69) is 41.4 Å². The first-order chi connectivity index (χ1) is 15.4. The molecule has 2 aromatic rings. The van der Waals surface area contributed by atoms with Crippen molar-refractivity contribution in [3.8, 4) is 0 Å². The van der Waals surface area contributed by atoms with Crippen LogP contribution in [0.15, 0.2) is 83.5 Å². The molecule has 1 aliphatic rings. The number of anilines is 1. The Labute approximate surface area is 189 Å². The van der Waals surface area contributed by atoms with Crippen LogP contribution in [0.25, 0.3) is 5.57 Å². The highest BCUT2D eigenvalue weighted by Crippen LogP contribution is 2.28. The molecule has 32 heavy (non-hydrogen) atoms. The monoisotopic (exact) mass is 436 g/mol. The third kappa shape index (κ3) is 6.01. The standard InChI is InChI=1S/C27H30F2N2O/c1-4-8-25(29)26(20(3)28)27(32)30-23-13-11-22(12-14-23)24-18-31(16-15-19(24)2)17-21-9-6-5-7-10-21/h5-14H,4,15-18H2,1-3H3,(H,30,32)/b25-8+,26-20-. The molecule has 2 aromatic carbocycles. The first-order valence-electron chi connectivity index (χ1n) is 11.0. The molecule has 0 saturated carbocycles. The summed E-state index contributed by atoms with van der Waals surface area (Å²) in [6, 6.07) is 17.9. The molecule has 1 amide bonds. The smallest absolute Gasteiger partial charge is 0.261 e. The minimum absolute atomic E-state index is 0.375. The van der Waals surface area contributed by atoms with Gasteiger partial charge >= 0.3 is 0 Å². The number of hydrogen-bond acceptors (Lipinski definition) is 2. The van der Waals surface area contributed by atoms with Gasteiger partial charge < -0.3 is 5.32 Å². The molecule has 1 aliphatic heterocycles. The van der Waals surface area contributed by atoms with Gasteiger partial charge in [0.2, 0.25) is 0 Å². The molecule has 5 heteroatoms. The molecule has 0 unspecified atom stereocenters. The van der Waals surface area contributed by atoms with Crippen LogP contribution in [0.5, 0.6) is 0 Å². The highest BCUT2D eigenvalue weighted by atomic mass is 19.1. The van der Waals surface area contributed by atoms with Gasteiger partial charge in [0.15, 0.2) is 0 Å². The van der Waals surface area contributed by atoms with Crippen LogP contribution in [0.1, 0.15) is 44.7 Å². The molecule has 3 nitrogen and oxygen atoms in total. The molecule has 1 heterocycles. The van der Waals surface area contributed by atoms with Crippen LogP contribution in [0.3, 0.4) is 0 Å². The van der Waals surface area contributed by atoms with Crippen molar-refractivity contribution in [1.29, 1.82) is 0 Å². The van der Waals surface area contributed by atoms with Crippen LogP contribution in [0.4, 0.5) is 14.5 Å². The van der Waals surface area contributed by atoms with Crippen molar-refractivity contribution < 1.29 is 13.6 Å². The Balaban J connectivity index is 1.71. The zero-order valence-corrected chi connectivity index (χ0v) is 18.9. The summed E-state index contributed by atoms with van der Waals surface area (Å²) in [7, 11) is 0. The van der Waals surface area contributed by atoms with Crippen molar-refractivity contribution in [1.82, 2.24) is 4.90 Å². The van der Waals surface area contributed by atoms with Gasteiger partial charge in [-0.15, -0.1) is 0 Å². The van der Waals surface area contributed by atoms with Gasteiger partial charge in [0.25, 0.3) is 5.91 Å². The number of rotatable bonds is 7. The van der Waals surface area contributed by atoms with Crippen molar-refractivity contribution in [2.24, 2.45) is 0 Å². The Morgan fingerprint density at radius 3 is 2.41 bits per heavy atom. The minimum Gasteiger partial charge on any atom is -0.322 e. The Hall–Kier alpha value is -3.05. The molecule has 1 N–H and O–H groups in total. The van der Waals surface area contributed by atoms with Gasteiger partial charge in [-0.2, -0.15) is 0 Å². The zero-order valence-electron chi connectivity index (χ0n) is 18.9. The first kappa shape index (κ1) is 23.6. The van der Waals surface area contributed by atoms with Gasteiger partial charge in [-0.3, -0.25) is 9.69 Å². The summed E-state index contributed by atoms with van der Waals surface area (Å²) in [4.78, 5) is 14.8. The number of benzene rings is 2. The fourth-order valence-electron chi connectivity index (χ4n) is 3.89. The lowest BCUT2D eigenvalue weighted by Gasteiger charge is -2.30. The first-order valence-corrected chi connectivity index (χ1v) is 11.0. The van der Waals surface area contributed by atoms with E-state index in [1.165, 1.54) is 22.8 Å². The third-order valence-electron chi connectivity index (χ3n) is 5.63. The molecule has 0 bridgehead atoms. The summed E-state index contributed by atoms with van der Waals surface area (Å²) in [6.07, 6.45) is 2.58. The third-order valence-corrected chi connectivity index (χ3v) is 5.63. The van der Waals surface area contributed by atoms with E-state index in [4.69, 9.17) is 0 Å². The second kappa shape index (κ2) is 11.0. The lowest BCUT2D eigenvalue weighted by Crippen LogP contribution is -2.30. The summed E-state index contributed by atoms with van der Waals surface area (Å²) < 4.78 is 27.9. The second-order valence-electron chi connectivity index (χ2n) is 8.11. The van der Waals surface area contributed by atoms with E-state index in [1.807, 2.05) is 18.2 Å². The predicted octanol–water partition coefficient (Wildman–Crippen LogP) is 6.81. The highest BCUT2D eigenvalue weighted by Gasteiger charge is 2.20. The zero-order chi connectivity index (χ0) is 23.1. The maximum absolute atomic E-state index is 14.1. The Morgan fingerprint density at radius 1 is 1.09 bits per heavy atom. The normalized spacial score (nSPS) is 16.1. The number of halogens is 2. The van der Waals surface area contributed by atoms with Gasteiger partial charge in [0, 0.05) is 25.3 Å². The van der Waals surface area contributed by atoms with Crippen LogP contribution >= 0.6 is 0 Å². The number of nitrogens with zero attached hydrogens (tertiary/aromatic N) is 1. The number of carbonyl (C=O) groups is 1. The molecular formula is C27H30F2N2O. The van der Waals surface area contributed by atoms with Crippen LogP contribution < -0.4 is 5.32 Å². The van der Waals surface area contributed by atoms with E-state index < -0.39 is 23.1 Å². The van der Waals surface area contributed by atoms with Crippen LogP contribution in [0.2, 0.25) is 0 Å². The van der Waals surface area contributed by atoms with Gasteiger partial charge in [-0.05, 0) is 61.6 Å². The summed E-state index contributed by atoms with van der Waals surface area (Å²) >= 11 is 0. The largest absolute Gasteiger partial charge is 0.322 e. The van der Waals surface area contributed by atoms with Crippen molar-refractivity contribution in [3.05, 3.63) is 94.6 Å². The molecule has 0 radical (unpaired) electrons. The van der Waals surface area contributed by atoms with E-state index in [0.717, 1.165) is 38.5 Å². The van der Waals surface area contributed by atoms with Gasteiger partial charge in [-0.1, -0.05) is 55.0 Å². The van der Waals surface area contributed by atoms with E-state index >= 15 is 0 Å². The molecule has 0 aromatic heterocycles. The fourth-order valence-corrected chi connectivity index (χ4v) is 3.89. The Bertz CT molecular complexity index is 1030. The van der Waals surface area contributed by atoms with Crippen molar-refractivity contribution in [3.63, 3.8) is 0 Å². The average molecular weight is 437 g/mol. The van der Waals surface area contributed by atoms with Gasteiger partial charge in [0.05, 0.1) is 0 Å². The van der Waals surface area contributed by atoms with Crippen molar-refractivity contribution >= 4 is 17.2 Å². The quantitative estimate of drug-likeness (QED) is 0.382. The van der Waals surface area contributed by atoms with E-state index in [9.17, 15) is 13.6 Å².